The average Bonchev–Trinajstić information content (AvgIpc) is 2.43. The first-order chi connectivity index (χ1) is 8.11. The van der Waals surface area contributed by atoms with Crippen molar-refractivity contribution in [3.05, 3.63) is 0 Å². The van der Waals surface area contributed by atoms with Gasteiger partial charge in [0.25, 0.3) is 0 Å². The van der Waals surface area contributed by atoms with Gasteiger partial charge in [-0.2, -0.15) is 0 Å². The zero-order valence-electron chi connectivity index (χ0n) is 10.1. The topological polar surface area (TPSA) is 84.2 Å². The lowest BCUT2D eigenvalue weighted by atomic mass is 10.2. The lowest BCUT2D eigenvalue weighted by Gasteiger charge is -2.23. The van der Waals surface area contributed by atoms with Gasteiger partial charge in [-0.05, 0) is 19.5 Å². The molecule has 0 aliphatic carbocycles. The van der Waals surface area contributed by atoms with E-state index in [4.69, 9.17) is 10.2 Å². The second kappa shape index (κ2) is 7.60. The fourth-order valence-electron chi connectivity index (χ4n) is 2.14. The Morgan fingerprint density at radius 2 is 1.82 bits per heavy atom. The Hall–Kier alpha value is -0.690. The fourth-order valence-corrected chi connectivity index (χ4v) is 2.14. The first kappa shape index (κ1) is 14.4. The van der Waals surface area contributed by atoms with Gasteiger partial charge in [0.15, 0.2) is 0 Å². The zero-order valence-corrected chi connectivity index (χ0v) is 10.1. The summed E-state index contributed by atoms with van der Waals surface area (Å²) in [5.74, 6) is -0.964. The monoisotopic (exact) mass is 246 g/mol. The van der Waals surface area contributed by atoms with Crippen molar-refractivity contribution in [2.45, 2.75) is 18.9 Å². The third kappa shape index (κ3) is 5.97. The van der Waals surface area contributed by atoms with E-state index in [1.807, 2.05) is 0 Å². The first-order valence-corrected chi connectivity index (χ1v) is 6.07. The predicted octanol–water partition coefficient (Wildman–Crippen LogP) is -1.18. The molecule has 0 saturated carbocycles. The number of hydrogen-bond donors (Lipinski definition) is 3. The van der Waals surface area contributed by atoms with Gasteiger partial charge in [0.2, 0.25) is 0 Å². The molecule has 1 fully saturated rings. The molecule has 1 heterocycles. The van der Waals surface area contributed by atoms with E-state index in [1.54, 1.807) is 0 Å². The van der Waals surface area contributed by atoms with Crippen LogP contribution in [0.25, 0.3) is 0 Å². The summed E-state index contributed by atoms with van der Waals surface area (Å²) in [5.41, 5.74) is 0. The molecule has 6 heteroatoms. The Morgan fingerprint density at radius 3 is 2.47 bits per heavy atom. The van der Waals surface area contributed by atoms with E-state index in [9.17, 15) is 9.90 Å². The zero-order chi connectivity index (χ0) is 12.7. The van der Waals surface area contributed by atoms with Gasteiger partial charge in [0.05, 0.1) is 19.1 Å². The maximum atomic E-state index is 10.4. The van der Waals surface area contributed by atoms with Gasteiger partial charge in [-0.25, -0.2) is 0 Å². The van der Waals surface area contributed by atoms with Crippen molar-refractivity contribution < 1.29 is 20.1 Å². The summed E-state index contributed by atoms with van der Waals surface area (Å²) >= 11 is 0. The molecular formula is C11H22N2O4. The molecule has 0 aromatic heterocycles. The van der Waals surface area contributed by atoms with Gasteiger partial charge in [0.1, 0.15) is 0 Å². The molecule has 0 amide bonds. The van der Waals surface area contributed by atoms with Crippen molar-refractivity contribution in [1.82, 2.24) is 9.80 Å². The van der Waals surface area contributed by atoms with Crippen molar-refractivity contribution >= 4 is 5.97 Å². The summed E-state index contributed by atoms with van der Waals surface area (Å²) in [4.78, 5) is 14.7. The summed E-state index contributed by atoms with van der Waals surface area (Å²) in [5, 5.41) is 27.0. The van der Waals surface area contributed by atoms with Crippen molar-refractivity contribution in [2.75, 3.05) is 45.9 Å². The molecule has 0 bridgehead atoms. The van der Waals surface area contributed by atoms with E-state index in [2.05, 4.69) is 9.80 Å². The third-order valence-electron chi connectivity index (χ3n) is 2.98. The number of carboxylic acids is 1. The standard InChI is InChI=1S/C11H22N2O4/c14-7-6-12-2-1-3-13(5-4-12)9-10(15)8-11(16)17/h10,14-15H,1-9H2,(H,16,17). The molecule has 1 rings (SSSR count). The van der Waals surface area contributed by atoms with E-state index in [0.29, 0.717) is 13.1 Å². The van der Waals surface area contributed by atoms with Crippen LogP contribution in [0.3, 0.4) is 0 Å². The molecule has 0 spiro atoms. The summed E-state index contributed by atoms with van der Waals surface area (Å²) < 4.78 is 0. The average molecular weight is 246 g/mol. The Kier molecular flexibility index (Phi) is 6.43. The van der Waals surface area contributed by atoms with Gasteiger partial charge in [-0.15, -0.1) is 0 Å². The molecule has 1 aliphatic heterocycles. The maximum Gasteiger partial charge on any atom is 0.306 e. The molecule has 17 heavy (non-hydrogen) atoms. The Labute approximate surface area is 101 Å². The van der Waals surface area contributed by atoms with Crippen molar-refractivity contribution in [1.29, 1.82) is 0 Å². The number of aliphatic hydroxyl groups is 2. The number of carboxylic acid groups (broad SMARTS) is 1. The quantitative estimate of drug-likeness (QED) is 0.547. The lowest BCUT2D eigenvalue weighted by Crippen LogP contribution is -2.37. The highest BCUT2D eigenvalue weighted by Gasteiger charge is 2.18. The smallest absolute Gasteiger partial charge is 0.306 e. The first-order valence-electron chi connectivity index (χ1n) is 6.07. The molecule has 0 aromatic rings. The van der Waals surface area contributed by atoms with Gasteiger partial charge in [-0.3, -0.25) is 14.6 Å². The van der Waals surface area contributed by atoms with Crippen LogP contribution >= 0.6 is 0 Å². The normalized spacial score (nSPS) is 21.1. The number of hydrogen-bond acceptors (Lipinski definition) is 5. The number of β-amino-alcohol motifs (C(OH)–C–C–N with tert-alkyl or cyclic N) is 2. The number of nitrogens with zero attached hydrogens (tertiary/aromatic N) is 2. The lowest BCUT2D eigenvalue weighted by molar-refractivity contribution is -0.139. The van der Waals surface area contributed by atoms with E-state index >= 15 is 0 Å². The van der Waals surface area contributed by atoms with Gasteiger partial charge < -0.3 is 15.3 Å². The molecule has 0 aromatic carbocycles. The van der Waals surface area contributed by atoms with Crippen LogP contribution in [0, 0.1) is 0 Å². The number of aliphatic hydroxyl groups excluding tert-OH is 2. The van der Waals surface area contributed by atoms with E-state index < -0.39 is 12.1 Å². The van der Waals surface area contributed by atoms with Crippen molar-refractivity contribution in [3.8, 4) is 0 Å². The number of carbonyl (C=O) groups is 1. The predicted molar refractivity (Wildman–Crippen MR) is 62.8 cm³/mol. The van der Waals surface area contributed by atoms with E-state index in [1.165, 1.54) is 0 Å². The Balaban J connectivity index is 2.28. The molecule has 1 saturated heterocycles. The van der Waals surface area contributed by atoms with E-state index in [0.717, 1.165) is 32.6 Å². The summed E-state index contributed by atoms with van der Waals surface area (Å²) in [7, 11) is 0. The van der Waals surface area contributed by atoms with Crippen LogP contribution in [0.5, 0.6) is 0 Å². The second-order valence-corrected chi connectivity index (χ2v) is 4.47. The minimum Gasteiger partial charge on any atom is -0.481 e. The second-order valence-electron chi connectivity index (χ2n) is 4.47. The van der Waals surface area contributed by atoms with Crippen LogP contribution in [0.4, 0.5) is 0 Å². The van der Waals surface area contributed by atoms with Crippen LogP contribution in [0.1, 0.15) is 12.8 Å². The van der Waals surface area contributed by atoms with Crippen molar-refractivity contribution in [2.24, 2.45) is 0 Å². The summed E-state index contributed by atoms with van der Waals surface area (Å²) in [6.45, 7) is 4.77. The number of rotatable bonds is 6. The maximum absolute atomic E-state index is 10.4. The van der Waals surface area contributed by atoms with Gasteiger partial charge in [0, 0.05) is 26.2 Å². The fraction of sp³-hybridized carbons (Fsp3) is 0.909. The Bertz CT molecular complexity index is 238. The highest BCUT2D eigenvalue weighted by Crippen LogP contribution is 2.05. The molecule has 0 radical (unpaired) electrons. The summed E-state index contributed by atoms with van der Waals surface area (Å²) in [6.07, 6.45) is -0.00621. The molecule has 6 nitrogen and oxygen atoms in total. The van der Waals surface area contributed by atoms with Crippen LogP contribution < -0.4 is 0 Å². The minimum absolute atomic E-state index is 0.168. The molecule has 1 aliphatic rings. The van der Waals surface area contributed by atoms with Gasteiger partial charge in [-0.1, -0.05) is 0 Å². The third-order valence-corrected chi connectivity index (χ3v) is 2.98. The SMILES string of the molecule is O=C(O)CC(O)CN1CCCN(CCO)CC1. The molecule has 100 valence electrons. The van der Waals surface area contributed by atoms with Crippen molar-refractivity contribution in [3.63, 3.8) is 0 Å². The minimum atomic E-state index is -0.964. The van der Waals surface area contributed by atoms with Crippen LogP contribution in [-0.2, 0) is 4.79 Å². The highest BCUT2D eigenvalue weighted by molar-refractivity contribution is 5.67. The number of aliphatic carboxylic acids is 1. The van der Waals surface area contributed by atoms with Crippen LogP contribution in [0.15, 0.2) is 0 Å². The molecule has 1 unspecified atom stereocenters. The Morgan fingerprint density at radius 1 is 1.18 bits per heavy atom. The molecular weight excluding hydrogens is 224 g/mol. The van der Waals surface area contributed by atoms with Crippen LogP contribution in [0.2, 0.25) is 0 Å². The van der Waals surface area contributed by atoms with E-state index in [-0.39, 0.29) is 13.0 Å². The largest absolute Gasteiger partial charge is 0.481 e. The highest BCUT2D eigenvalue weighted by atomic mass is 16.4. The molecule has 1 atom stereocenters. The van der Waals surface area contributed by atoms with Gasteiger partial charge >= 0.3 is 5.97 Å². The summed E-state index contributed by atoms with van der Waals surface area (Å²) in [6, 6.07) is 0. The van der Waals surface area contributed by atoms with Crippen LogP contribution in [-0.4, -0.2) is 83.1 Å². The molecule has 3 N–H and O–H groups in total.